The summed E-state index contributed by atoms with van der Waals surface area (Å²) in [6.45, 7) is -0.0186. The van der Waals surface area contributed by atoms with E-state index in [2.05, 4.69) is 5.32 Å². The third-order valence-electron chi connectivity index (χ3n) is 2.93. The van der Waals surface area contributed by atoms with E-state index in [1.54, 1.807) is 24.3 Å². The van der Waals surface area contributed by atoms with Crippen molar-refractivity contribution < 1.29 is 24.5 Å². The molecular weight excluding hydrogens is 298 g/mol. The SMILES string of the molecule is O=C(COc1ccccc1)NCC(O)COc1ccc(O)cc1. The van der Waals surface area contributed by atoms with E-state index < -0.39 is 6.10 Å². The summed E-state index contributed by atoms with van der Waals surface area (Å²) in [7, 11) is 0. The van der Waals surface area contributed by atoms with E-state index in [4.69, 9.17) is 14.6 Å². The Labute approximate surface area is 134 Å². The number of rotatable bonds is 8. The Kier molecular flexibility index (Phi) is 6.26. The molecule has 0 aliphatic rings. The fraction of sp³-hybridized carbons (Fsp3) is 0.235. The lowest BCUT2D eigenvalue weighted by molar-refractivity contribution is -0.123. The first-order valence-corrected chi connectivity index (χ1v) is 7.18. The van der Waals surface area contributed by atoms with Crippen LogP contribution in [0.3, 0.4) is 0 Å². The van der Waals surface area contributed by atoms with Gasteiger partial charge in [-0.15, -0.1) is 0 Å². The largest absolute Gasteiger partial charge is 0.508 e. The van der Waals surface area contributed by atoms with Crippen molar-refractivity contribution in [1.82, 2.24) is 5.32 Å². The molecule has 2 aromatic rings. The van der Waals surface area contributed by atoms with Gasteiger partial charge in [-0.2, -0.15) is 0 Å². The van der Waals surface area contributed by atoms with Gasteiger partial charge in [-0.1, -0.05) is 18.2 Å². The van der Waals surface area contributed by atoms with Gasteiger partial charge in [0.25, 0.3) is 5.91 Å². The number of benzene rings is 2. The number of phenols is 1. The van der Waals surface area contributed by atoms with Gasteiger partial charge in [0.1, 0.15) is 30.0 Å². The van der Waals surface area contributed by atoms with Crippen LogP contribution in [0, 0.1) is 0 Å². The molecule has 0 heterocycles. The fourth-order valence-corrected chi connectivity index (χ4v) is 1.74. The number of phenolic OH excluding ortho intramolecular Hbond substituents is 1. The van der Waals surface area contributed by atoms with Crippen molar-refractivity contribution in [2.75, 3.05) is 19.8 Å². The van der Waals surface area contributed by atoms with Gasteiger partial charge in [-0.25, -0.2) is 0 Å². The topological polar surface area (TPSA) is 88.0 Å². The van der Waals surface area contributed by atoms with Crippen molar-refractivity contribution in [2.24, 2.45) is 0 Å². The number of amides is 1. The second-order valence-corrected chi connectivity index (χ2v) is 4.86. The molecule has 0 radical (unpaired) electrons. The van der Waals surface area contributed by atoms with Crippen molar-refractivity contribution in [1.29, 1.82) is 0 Å². The van der Waals surface area contributed by atoms with E-state index in [1.165, 1.54) is 12.1 Å². The second kappa shape index (κ2) is 8.65. The normalized spacial score (nSPS) is 11.5. The summed E-state index contributed by atoms with van der Waals surface area (Å²) < 4.78 is 10.6. The summed E-state index contributed by atoms with van der Waals surface area (Å²) in [6, 6.07) is 15.2. The molecule has 122 valence electrons. The Hall–Kier alpha value is -2.73. The predicted octanol–water partition coefficient (Wildman–Crippen LogP) is 1.33. The monoisotopic (exact) mass is 317 g/mol. The molecule has 23 heavy (non-hydrogen) atoms. The average molecular weight is 317 g/mol. The zero-order valence-corrected chi connectivity index (χ0v) is 12.5. The number of para-hydroxylation sites is 1. The molecule has 0 aliphatic heterocycles. The van der Waals surface area contributed by atoms with Gasteiger partial charge in [-0.3, -0.25) is 4.79 Å². The molecule has 1 unspecified atom stereocenters. The maximum absolute atomic E-state index is 11.6. The molecule has 0 aromatic heterocycles. The van der Waals surface area contributed by atoms with Crippen LogP contribution < -0.4 is 14.8 Å². The molecule has 1 amide bonds. The van der Waals surface area contributed by atoms with E-state index in [9.17, 15) is 9.90 Å². The highest BCUT2D eigenvalue weighted by atomic mass is 16.5. The van der Waals surface area contributed by atoms with Gasteiger partial charge < -0.3 is 25.0 Å². The summed E-state index contributed by atoms with van der Waals surface area (Å²) in [5.74, 6) is 0.959. The molecule has 3 N–H and O–H groups in total. The van der Waals surface area contributed by atoms with Gasteiger partial charge in [0, 0.05) is 6.54 Å². The molecule has 0 saturated heterocycles. The number of aromatic hydroxyl groups is 1. The fourth-order valence-electron chi connectivity index (χ4n) is 1.74. The van der Waals surface area contributed by atoms with Crippen LogP contribution in [-0.4, -0.2) is 42.0 Å². The molecule has 0 fully saturated rings. The van der Waals surface area contributed by atoms with E-state index >= 15 is 0 Å². The Morgan fingerprint density at radius 1 is 1.00 bits per heavy atom. The Balaban J connectivity index is 1.62. The van der Waals surface area contributed by atoms with Gasteiger partial charge in [0.2, 0.25) is 0 Å². The molecule has 0 aliphatic carbocycles. The van der Waals surface area contributed by atoms with Gasteiger partial charge in [0.05, 0.1) is 0 Å². The molecule has 2 rings (SSSR count). The van der Waals surface area contributed by atoms with Crippen LogP contribution in [0.2, 0.25) is 0 Å². The molecule has 0 bridgehead atoms. The third kappa shape index (κ3) is 6.27. The minimum absolute atomic E-state index is 0.0323. The van der Waals surface area contributed by atoms with E-state index in [1.807, 2.05) is 18.2 Å². The standard InChI is InChI=1S/C17H19NO5/c19-13-6-8-16(9-7-13)22-11-14(20)10-18-17(21)12-23-15-4-2-1-3-5-15/h1-9,14,19-20H,10-12H2,(H,18,21). The smallest absolute Gasteiger partial charge is 0.258 e. The number of aliphatic hydroxyl groups excluding tert-OH is 1. The van der Waals surface area contributed by atoms with E-state index in [0.717, 1.165) is 0 Å². The molecular formula is C17H19NO5. The van der Waals surface area contributed by atoms with Crippen molar-refractivity contribution in [3.8, 4) is 17.2 Å². The maximum Gasteiger partial charge on any atom is 0.258 e. The summed E-state index contributed by atoms with van der Waals surface area (Å²) in [5.41, 5.74) is 0. The van der Waals surface area contributed by atoms with Gasteiger partial charge in [-0.05, 0) is 36.4 Å². The minimum atomic E-state index is -0.843. The van der Waals surface area contributed by atoms with Crippen LogP contribution in [-0.2, 0) is 4.79 Å². The molecule has 0 spiro atoms. The second-order valence-electron chi connectivity index (χ2n) is 4.86. The van der Waals surface area contributed by atoms with Crippen LogP contribution in [0.5, 0.6) is 17.2 Å². The van der Waals surface area contributed by atoms with Crippen LogP contribution in [0.1, 0.15) is 0 Å². The van der Waals surface area contributed by atoms with Crippen molar-refractivity contribution in [3.63, 3.8) is 0 Å². The number of ether oxygens (including phenoxy) is 2. The van der Waals surface area contributed by atoms with Crippen LogP contribution in [0.25, 0.3) is 0 Å². The van der Waals surface area contributed by atoms with E-state index in [-0.39, 0.29) is 31.4 Å². The molecule has 6 heteroatoms. The van der Waals surface area contributed by atoms with Crippen LogP contribution in [0.4, 0.5) is 0 Å². The van der Waals surface area contributed by atoms with Crippen LogP contribution in [0.15, 0.2) is 54.6 Å². The lowest BCUT2D eigenvalue weighted by Crippen LogP contribution is -2.37. The summed E-state index contributed by atoms with van der Waals surface area (Å²) in [6.07, 6.45) is -0.843. The third-order valence-corrected chi connectivity index (χ3v) is 2.93. The number of carbonyl (C=O) groups excluding carboxylic acids is 1. The average Bonchev–Trinajstić information content (AvgIpc) is 2.58. The minimum Gasteiger partial charge on any atom is -0.508 e. The van der Waals surface area contributed by atoms with Crippen molar-refractivity contribution in [3.05, 3.63) is 54.6 Å². The van der Waals surface area contributed by atoms with Crippen LogP contribution >= 0.6 is 0 Å². The zero-order chi connectivity index (χ0) is 16.5. The Bertz CT molecular complexity index is 600. The first-order chi connectivity index (χ1) is 11.1. The number of hydrogen-bond acceptors (Lipinski definition) is 5. The first-order valence-electron chi connectivity index (χ1n) is 7.18. The van der Waals surface area contributed by atoms with Gasteiger partial charge in [0.15, 0.2) is 6.61 Å². The number of nitrogens with one attached hydrogen (secondary N) is 1. The van der Waals surface area contributed by atoms with Gasteiger partial charge >= 0.3 is 0 Å². The molecule has 2 aromatic carbocycles. The highest BCUT2D eigenvalue weighted by Crippen LogP contribution is 2.15. The van der Waals surface area contributed by atoms with Crippen molar-refractivity contribution in [2.45, 2.75) is 6.10 Å². The zero-order valence-electron chi connectivity index (χ0n) is 12.5. The number of aliphatic hydroxyl groups is 1. The number of carbonyl (C=O) groups is 1. The Morgan fingerprint density at radius 2 is 1.65 bits per heavy atom. The summed E-state index contributed by atoms with van der Waals surface area (Å²) >= 11 is 0. The number of hydrogen-bond donors (Lipinski definition) is 3. The predicted molar refractivity (Wildman–Crippen MR) is 84.6 cm³/mol. The quantitative estimate of drug-likeness (QED) is 0.683. The molecule has 0 saturated carbocycles. The lowest BCUT2D eigenvalue weighted by atomic mass is 10.3. The molecule has 1 atom stereocenters. The summed E-state index contributed by atoms with van der Waals surface area (Å²) in [4.78, 5) is 11.6. The Morgan fingerprint density at radius 3 is 2.35 bits per heavy atom. The maximum atomic E-state index is 11.6. The van der Waals surface area contributed by atoms with Crippen molar-refractivity contribution >= 4 is 5.91 Å². The highest BCUT2D eigenvalue weighted by Gasteiger charge is 2.09. The first kappa shape index (κ1) is 16.6. The van der Waals surface area contributed by atoms with E-state index in [0.29, 0.717) is 11.5 Å². The molecule has 6 nitrogen and oxygen atoms in total. The lowest BCUT2D eigenvalue weighted by Gasteiger charge is -2.13. The summed E-state index contributed by atoms with van der Waals surface area (Å²) in [5, 5.41) is 21.5. The highest BCUT2D eigenvalue weighted by molar-refractivity contribution is 5.77.